The fourth-order valence-electron chi connectivity index (χ4n) is 2.02. The zero-order valence-corrected chi connectivity index (χ0v) is 16.1. The topological polar surface area (TPSA) is 51.2 Å². The zero-order chi connectivity index (χ0) is 16.9. The maximum absolute atomic E-state index is 12.4. The molecular weight excluding hydrogens is 483 g/mol. The Kier molecular flexibility index (Phi) is 5.47. The number of halogens is 2. The monoisotopic (exact) mass is 494 g/mol. The second-order valence-electron chi connectivity index (χ2n) is 4.89. The van der Waals surface area contributed by atoms with Gasteiger partial charge in [0.15, 0.2) is 0 Å². The molecule has 2 aromatic carbocycles. The summed E-state index contributed by atoms with van der Waals surface area (Å²) in [5.41, 5.74) is 1.33. The van der Waals surface area contributed by atoms with E-state index >= 15 is 0 Å². The minimum Gasteiger partial charge on any atom is -0.457 e. The van der Waals surface area contributed by atoms with Crippen LogP contribution in [0.2, 0.25) is 0 Å². The molecule has 0 bridgehead atoms. The molecule has 3 rings (SSSR count). The fourth-order valence-corrected chi connectivity index (χ4v) is 2.96. The van der Waals surface area contributed by atoms with Gasteiger partial charge in [-0.05, 0) is 77.2 Å². The summed E-state index contributed by atoms with van der Waals surface area (Å²) < 4.78 is 7.46. The van der Waals surface area contributed by atoms with Gasteiger partial charge < -0.3 is 10.1 Å². The van der Waals surface area contributed by atoms with Crippen molar-refractivity contribution in [2.24, 2.45) is 0 Å². The molecule has 0 radical (unpaired) electrons. The van der Waals surface area contributed by atoms with Crippen LogP contribution in [0.15, 0.2) is 71.5 Å². The summed E-state index contributed by atoms with van der Waals surface area (Å²) in [5, 5.41) is 2.89. The van der Waals surface area contributed by atoms with Crippen molar-refractivity contribution in [1.82, 2.24) is 4.98 Å². The van der Waals surface area contributed by atoms with E-state index in [1.807, 2.05) is 24.3 Å². The molecule has 0 aliphatic carbocycles. The van der Waals surface area contributed by atoms with Gasteiger partial charge in [0, 0.05) is 26.1 Å². The summed E-state index contributed by atoms with van der Waals surface area (Å²) in [4.78, 5) is 16.3. The van der Waals surface area contributed by atoms with E-state index in [2.05, 4.69) is 48.8 Å². The van der Waals surface area contributed by atoms with Gasteiger partial charge in [0.2, 0.25) is 0 Å². The van der Waals surface area contributed by atoms with E-state index in [9.17, 15) is 4.79 Å². The first-order valence-electron chi connectivity index (χ1n) is 7.06. The number of nitrogens with zero attached hydrogens (tertiary/aromatic N) is 1. The van der Waals surface area contributed by atoms with Crippen molar-refractivity contribution in [3.8, 4) is 11.5 Å². The van der Waals surface area contributed by atoms with Crippen LogP contribution in [0.25, 0.3) is 0 Å². The molecule has 0 saturated heterocycles. The van der Waals surface area contributed by atoms with Crippen LogP contribution < -0.4 is 10.1 Å². The molecule has 24 heavy (non-hydrogen) atoms. The third kappa shape index (κ3) is 4.33. The third-order valence-corrected chi connectivity index (χ3v) is 4.60. The SMILES string of the molecule is O=C(Nc1ccc(Oc2ccncc2)cc1)c1cc(Br)ccc1I. The third-order valence-electron chi connectivity index (χ3n) is 3.17. The van der Waals surface area contributed by atoms with E-state index < -0.39 is 0 Å². The van der Waals surface area contributed by atoms with Crippen molar-refractivity contribution < 1.29 is 9.53 Å². The standard InChI is InChI=1S/C18H12BrIN2O2/c19-12-1-6-17(20)16(11-12)18(23)22-13-2-4-14(5-3-13)24-15-7-9-21-10-8-15/h1-11H,(H,22,23). The van der Waals surface area contributed by atoms with Crippen molar-refractivity contribution in [1.29, 1.82) is 0 Å². The molecule has 0 aliphatic heterocycles. The normalized spacial score (nSPS) is 10.2. The molecule has 3 aromatic rings. The number of nitrogens with one attached hydrogen (secondary N) is 1. The Balaban J connectivity index is 1.70. The van der Waals surface area contributed by atoms with Crippen molar-refractivity contribution in [2.45, 2.75) is 0 Å². The van der Waals surface area contributed by atoms with Gasteiger partial charge >= 0.3 is 0 Å². The highest BCUT2D eigenvalue weighted by Crippen LogP contribution is 2.23. The van der Waals surface area contributed by atoms with Crippen molar-refractivity contribution in [3.05, 3.63) is 80.6 Å². The molecule has 0 fully saturated rings. The Labute approximate surface area is 161 Å². The summed E-state index contributed by atoms with van der Waals surface area (Å²) in [6.07, 6.45) is 3.34. The average Bonchev–Trinajstić information content (AvgIpc) is 2.59. The zero-order valence-electron chi connectivity index (χ0n) is 12.4. The number of amides is 1. The van der Waals surface area contributed by atoms with Crippen LogP contribution in [0.4, 0.5) is 5.69 Å². The molecule has 0 aliphatic rings. The number of benzene rings is 2. The van der Waals surface area contributed by atoms with Crippen LogP contribution in [-0.4, -0.2) is 10.9 Å². The second kappa shape index (κ2) is 7.76. The van der Waals surface area contributed by atoms with Crippen LogP contribution in [0.1, 0.15) is 10.4 Å². The van der Waals surface area contributed by atoms with Crippen molar-refractivity contribution in [2.75, 3.05) is 5.32 Å². The fraction of sp³-hybridized carbons (Fsp3) is 0. The lowest BCUT2D eigenvalue weighted by Gasteiger charge is -2.09. The van der Waals surface area contributed by atoms with E-state index in [0.29, 0.717) is 22.7 Å². The van der Waals surface area contributed by atoms with Crippen molar-refractivity contribution in [3.63, 3.8) is 0 Å². The van der Waals surface area contributed by atoms with Gasteiger partial charge in [0.05, 0.1) is 5.56 Å². The van der Waals surface area contributed by atoms with E-state index in [-0.39, 0.29) is 5.91 Å². The lowest BCUT2D eigenvalue weighted by Crippen LogP contribution is -2.13. The summed E-state index contributed by atoms with van der Waals surface area (Å²) in [5.74, 6) is 1.25. The molecule has 1 amide bonds. The van der Waals surface area contributed by atoms with Gasteiger partial charge in [0.25, 0.3) is 5.91 Å². The minimum absolute atomic E-state index is 0.150. The highest BCUT2D eigenvalue weighted by molar-refractivity contribution is 14.1. The Hall–Kier alpha value is -1.93. The predicted molar refractivity (Wildman–Crippen MR) is 106 cm³/mol. The Morgan fingerprint density at radius 1 is 1.00 bits per heavy atom. The first kappa shape index (κ1) is 16.9. The predicted octanol–water partition coefficient (Wildman–Crippen LogP) is 5.49. The lowest BCUT2D eigenvalue weighted by molar-refractivity contribution is 0.102. The molecule has 0 saturated carbocycles. The summed E-state index contributed by atoms with van der Waals surface area (Å²) in [7, 11) is 0. The molecule has 0 spiro atoms. The van der Waals surface area contributed by atoms with Crippen molar-refractivity contribution >= 4 is 50.1 Å². The number of ether oxygens (including phenoxy) is 1. The van der Waals surface area contributed by atoms with Crippen LogP contribution in [0, 0.1) is 3.57 Å². The van der Waals surface area contributed by atoms with Gasteiger partial charge in [0.1, 0.15) is 11.5 Å². The van der Waals surface area contributed by atoms with E-state index in [1.54, 1.807) is 42.7 Å². The number of aromatic nitrogens is 1. The number of hydrogen-bond donors (Lipinski definition) is 1. The Bertz CT molecular complexity index is 855. The Morgan fingerprint density at radius 2 is 1.67 bits per heavy atom. The number of pyridine rings is 1. The molecular formula is C18H12BrIN2O2. The summed E-state index contributed by atoms with van der Waals surface area (Å²) in [6.45, 7) is 0. The highest BCUT2D eigenvalue weighted by atomic mass is 127. The quantitative estimate of drug-likeness (QED) is 0.487. The smallest absolute Gasteiger partial charge is 0.256 e. The summed E-state index contributed by atoms with van der Waals surface area (Å²) >= 11 is 5.53. The maximum atomic E-state index is 12.4. The number of anilines is 1. The molecule has 1 heterocycles. The van der Waals surface area contributed by atoms with E-state index in [0.717, 1.165) is 8.04 Å². The second-order valence-corrected chi connectivity index (χ2v) is 6.97. The average molecular weight is 495 g/mol. The molecule has 0 unspecified atom stereocenters. The number of carbonyl (C=O) groups excluding carboxylic acids is 1. The van der Waals surface area contributed by atoms with Crippen LogP contribution >= 0.6 is 38.5 Å². The van der Waals surface area contributed by atoms with Gasteiger partial charge in [-0.2, -0.15) is 0 Å². The Morgan fingerprint density at radius 3 is 2.38 bits per heavy atom. The highest BCUT2D eigenvalue weighted by Gasteiger charge is 2.11. The molecule has 4 nitrogen and oxygen atoms in total. The first-order chi connectivity index (χ1) is 11.6. The van der Waals surface area contributed by atoms with Gasteiger partial charge in [-0.15, -0.1) is 0 Å². The van der Waals surface area contributed by atoms with Gasteiger partial charge in [-0.1, -0.05) is 15.9 Å². The molecule has 6 heteroatoms. The van der Waals surface area contributed by atoms with Gasteiger partial charge in [-0.25, -0.2) is 0 Å². The molecule has 0 atom stereocenters. The van der Waals surface area contributed by atoms with Gasteiger partial charge in [-0.3, -0.25) is 9.78 Å². The molecule has 1 aromatic heterocycles. The lowest BCUT2D eigenvalue weighted by atomic mass is 10.2. The van der Waals surface area contributed by atoms with Crippen LogP contribution in [0.3, 0.4) is 0 Å². The molecule has 120 valence electrons. The minimum atomic E-state index is -0.150. The number of carbonyl (C=O) groups is 1. The number of hydrogen-bond acceptors (Lipinski definition) is 3. The van der Waals surface area contributed by atoms with Crippen LogP contribution in [0.5, 0.6) is 11.5 Å². The molecule has 1 N–H and O–H groups in total. The van der Waals surface area contributed by atoms with Crippen LogP contribution in [-0.2, 0) is 0 Å². The largest absolute Gasteiger partial charge is 0.457 e. The van der Waals surface area contributed by atoms with E-state index in [1.165, 1.54) is 0 Å². The summed E-state index contributed by atoms with van der Waals surface area (Å²) in [6, 6.07) is 16.4. The maximum Gasteiger partial charge on any atom is 0.256 e. The number of rotatable bonds is 4. The van der Waals surface area contributed by atoms with E-state index in [4.69, 9.17) is 4.74 Å². The first-order valence-corrected chi connectivity index (χ1v) is 8.93.